The molecule has 4 rings (SSSR count). The van der Waals surface area contributed by atoms with Gasteiger partial charge in [0.05, 0.1) is 6.04 Å². The van der Waals surface area contributed by atoms with Gasteiger partial charge in [0.15, 0.2) is 0 Å². The van der Waals surface area contributed by atoms with Crippen molar-refractivity contribution < 1.29 is 9.59 Å². The molecule has 152 valence electrons. The normalized spacial score (nSPS) is 20.2. The van der Waals surface area contributed by atoms with Gasteiger partial charge in [0.25, 0.3) is 0 Å². The second-order valence-corrected chi connectivity index (χ2v) is 8.39. The zero-order valence-corrected chi connectivity index (χ0v) is 17.1. The largest absolute Gasteiger partial charge is 0.333 e. The van der Waals surface area contributed by atoms with Gasteiger partial charge in [-0.1, -0.05) is 41.9 Å². The number of urea groups is 1. The van der Waals surface area contributed by atoms with Crippen molar-refractivity contribution >= 4 is 29.2 Å². The van der Waals surface area contributed by atoms with Gasteiger partial charge in [-0.3, -0.25) is 4.79 Å². The molecule has 2 fully saturated rings. The smallest absolute Gasteiger partial charge is 0.317 e. The van der Waals surface area contributed by atoms with Crippen LogP contribution < -0.4 is 10.2 Å². The summed E-state index contributed by atoms with van der Waals surface area (Å²) in [5.74, 6) is 0.647. The van der Waals surface area contributed by atoms with Gasteiger partial charge in [0, 0.05) is 36.8 Å². The summed E-state index contributed by atoms with van der Waals surface area (Å²) in [7, 11) is 0. The van der Waals surface area contributed by atoms with Crippen LogP contribution in [0, 0.1) is 5.92 Å². The van der Waals surface area contributed by atoms with E-state index >= 15 is 0 Å². The fourth-order valence-electron chi connectivity index (χ4n) is 4.23. The highest BCUT2D eigenvalue weighted by Gasteiger charge is 2.33. The quantitative estimate of drug-likeness (QED) is 0.823. The molecule has 0 saturated carbocycles. The van der Waals surface area contributed by atoms with Gasteiger partial charge in [-0.25, -0.2) is 4.79 Å². The first-order valence-electron chi connectivity index (χ1n) is 10.2. The molecule has 0 bridgehead atoms. The van der Waals surface area contributed by atoms with Crippen LogP contribution >= 0.6 is 11.6 Å². The average Bonchev–Trinajstić information content (AvgIpc) is 3.10. The number of halogens is 1. The number of rotatable bonds is 4. The number of amides is 3. The Balaban J connectivity index is 1.26. The lowest BCUT2D eigenvalue weighted by Gasteiger charge is -2.33. The van der Waals surface area contributed by atoms with Crippen LogP contribution in [0.15, 0.2) is 54.6 Å². The number of carbonyl (C=O) groups is 2. The molecule has 3 amide bonds. The highest BCUT2D eigenvalue weighted by Crippen LogP contribution is 2.25. The Morgan fingerprint density at radius 1 is 1.03 bits per heavy atom. The standard InChI is InChI=1S/C23H26ClN3O2/c24-19-6-8-21(9-7-19)27-16-20(15-22(27)28)25-23(29)26-12-10-18(11-13-26)14-17-4-2-1-3-5-17/h1-9,18,20H,10-16H2,(H,25,29)/t20-/m1/s1. The second kappa shape index (κ2) is 8.87. The molecule has 6 heteroatoms. The number of hydrogen-bond acceptors (Lipinski definition) is 2. The molecular weight excluding hydrogens is 386 g/mol. The maximum Gasteiger partial charge on any atom is 0.317 e. The maximum absolute atomic E-state index is 12.7. The molecule has 1 atom stereocenters. The van der Waals surface area contributed by atoms with Gasteiger partial charge < -0.3 is 15.1 Å². The van der Waals surface area contributed by atoms with Crippen molar-refractivity contribution in [2.24, 2.45) is 5.92 Å². The first kappa shape index (κ1) is 19.8. The SMILES string of the molecule is O=C(N[C@@H]1CC(=O)N(c2ccc(Cl)cc2)C1)N1CCC(Cc2ccccc2)CC1. The van der Waals surface area contributed by atoms with Gasteiger partial charge >= 0.3 is 6.03 Å². The van der Waals surface area contributed by atoms with E-state index < -0.39 is 0 Å². The highest BCUT2D eigenvalue weighted by molar-refractivity contribution is 6.30. The summed E-state index contributed by atoms with van der Waals surface area (Å²) in [5.41, 5.74) is 2.18. The van der Waals surface area contributed by atoms with E-state index in [9.17, 15) is 9.59 Å². The van der Waals surface area contributed by atoms with Crippen molar-refractivity contribution in [2.45, 2.75) is 31.7 Å². The van der Waals surface area contributed by atoms with Crippen LogP contribution in [0.1, 0.15) is 24.8 Å². The third-order valence-corrected chi connectivity index (χ3v) is 6.11. The van der Waals surface area contributed by atoms with E-state index in [-0.39, 0.29) is 18.0 Å². The number of likely N-dealkylation sites (tertiary alicyclic amines) is 1. The zero-order valence-electron chi connectivity index (χ0n) is 16.4. The Morgan fingerprint density at radius 2 is 1.72 bits per heavy atom. The number of benzene rings is 2. The third-order valence-electron chi connectivity index (χ3n) is 5.86. The Hall–Kier alpha value is -2.53. The minimum absolute atomic E-state index is 0.0270. The molecule has 2 aliphatic heterocycles. The molecule has 0 aliphatic carbocycles. The van der Waals surface area contributed by atoms with Crippen LogP contribution in [0.5, 0.6) is 0 Å². The monoisotopic (exact) mass is 411 g/mol. The van der Waals surface area contributed by atoms with Gasteiger partial charge in [0.1, 0.15) is 0 Å². The minimum Gasteiger partial charge on any atom is -0.333 e. The van der Waals surface area contributed by atoms with Crippen LogP contribution in [-0.4, -0.2) is 42.5 Å². The van der Waals surface area contributed by atoms with Crippen molar-refractivity contribution in [3.8, 4) is 0 Å². The fraction of sp³-hybridized carbons (Fsp3) is 0.391. The Morgan fingerprint density at radius 3 is 2.41 bits per heavy atom. The first-order chi connectivity index (χ1) is 14.1. The van der Waals surface area contributed by atoms with Gasteiger partial charge in [-0.2, -0.15) is 0 Å². The van der Waals surface area contributed by atoms with Gasteiger partial charge in [-0.15, -0.1) is 0 Å². The van der Waals surface area contributed by atoms with E-state index in [0.29, 0.717) is 23.9 Å². The second-order valence-electron chi connectivity index (χ2n) is 7.95. The summed E-state index contributed by atoms with van der Waals surface area (Å²) in [6.07, 6.45) is 3.44. The highest BCUT2D eigenvalue weighted by atomic mass is 35.5. The lowest BCUT2D eigenvalue weighted by atomic mass is 9.90. The molecule has 5 nitrogen and oxygen atoms in total. The van der Waals surface area contributed by atoms with Crippen molar-refractivity contribution in [1.82, 2.24) is 10.2 Å². The van der Waals surface area contributed by atoms with E-state index in [4.69, 9.17) is 11.6 Å². The Bertz CT molecular complexity index is 848. The summed E-state index contributed by atoms with van der Waals surface area (Å²) in [6.45, 7) is 2.03. The Labute approximate surface area is 176 Å². The molecule has 1 N–H and O–H groups in total. The maximum atomic E-state index is 12.7. The lowest BCUT2D eigenvalue weighted by Crippen LogP contribution is -2.48. The van der Waals surface area contributed by atoms with E-state index in [1.807, 2.05) is 23.1 Å². The lowest BCUT2D eigenvalue weighted by molar-refractivity contribution is -0.117. The molecule has 29 heavy (non-hydrogen) atoms. The molecule has 0 unspecified atom stereocenters. The van der Waals surface area contributed by atoms with Crippen LogP contribution in [0.2, 0.25) is 5.02 Å². The molecule has 2 heterocycles. The fourth-order valence-corrected chi connectivity index (χ4v) is 4.35. The summed E-state index contributed by atoms with van der Waals surface area (Å²) < 4.78 is 0. The van der Waals surface area contributed by atoms with E-state index in [1.54, 1.807) is 17.0 Å². The third kappa shape index (κ3) is 4.91. The van der Waals surface area contributed by atoms with Crippen molar-refractivity contribution in [2.75, 3.05) is 24.5 Å². The van der Waals surface area contributed by atoms with Crippen LogP contribution in [0.25, 0.3) is 0 Å². The van der Waals surface area contributed by atoms with E-state index in [0.717, 1.165) is 38.0 Å². The van der Waals surface area contributed by atoms with Gasteiger partial charge in [0.2, 0.25) is 5.91 Å². The van der Waals surface area contributed by atoms with Crippen LogP contribution in [-0.2, 0) is 11.2 Å². The van der Waals surface area contributed by atoms with Crippen LogP contribution in [0.4, 0.5) is 10.5 Å². The summed E-state index contributed by atoms with van der Waals surface area (Å²) in [5, 5.41) is 3.69. The number of nitrogens with zero attached hydrogens (tertiary/aromatic N) is 2. The van der Waals surface area contributed by atoms with Crippen molar-refractivity contribution in [1.29, 1.82) is 0 Å². The predicted octanol–water partition coefficient (Wildman–Crippen LogP) is 4.11. The molecule has 0 aromatic heterocycles. The van der Waals surface area contributed by atoms with Crippen molar-refractivity contribution in [3.63, 3.8) is 0 Å². The molecule has 2 saturated heterocycles. The summed E-state index contributed by atoms with van der Waals surface area (Å²) >= 11 is 5.93. The summed E-state index contributed by atoms with van der Waals surface area (Å²) in [4.78, 5) is 28.7. The van der Waals surface area contributed by atoms with E-state index in [2.05, 4.69) is 29.6 Å². The topological polar surface area (TPSA) is 52.7 Å². The molecule has 2 aromatic rings. The van der Waals surface area contributed by atoms with Gasteiger partial charge in [-0.05, 0) is 55.0 Å². The molecule has 0 spiro atoms. The molecular formula is C23H26ClN3O2. The number of piperidine rings is 1. The number of anilines is 1. The molecule has 0 radical (unpaired) electrons. The molecule has 2 aromatic carbocycles. The zero-order chi connectivity index (χ0) is 20.2. The minimum atomic E-state index is -0.160. The number of hydrogen-bond donors (Lipinski definition) is 1. The van der Waals surface area contributed by atoms with Crippen LogP contribution in [0.3, 0.4) is 0 Å². The van der Waals surface area contributed by atoms with Crippen molar-refractivity contribution in [3.05, 3.63) is 65.2 Å². The summed E-state index contributed by atoms with van der Waals surface area (Å²) in [6, 6.07) is 17.5. The average molecular weight is 412 g/mol. The first-order valence-corrected chi connectivity index (χ1v) is 10.6. The predicted molar refractivity (Wildman–Crippen MR) is 115 cm³/mol. The number of carbonyl (C=O) groups excluding carboxylic acids is 2. The number of nitrogens with one attached hydrogen (secondary N) is 1. The van der Waals surface area contributed by atoms with E-state index in [1.165, 1.54) is 5.56 Å². The molecule has 2 aliphatic rings. The Kier molecular flexibility index (Phi) is 6.05.